The maximum atomic E-state index is 13.4. The number of nitrogens with one attached hydrogen (secondary N) is 1. The third-order valence-corrected chi connectivity index (χ3v) is 2.14. The molecule has 0 aliphatic carbocycles. The van der Waals surface area contributed by atoms with Crippen LogP contribution in [0.5, 0.6) is 0 Å². The Morgan fingerprint density at radius 3 is 2.76 bits per heavy atom. The van der Waals surface area contributed by atoms with Crippen molar-refractivity contribution in [1.29, 1.82) is 0 Å². The minimum atomic E-state index is -1.00. The van der Waals surface area contributed by atoms with E-state index in [0.29, 0.717) is 5.56 Å². The minimum Gasteiger partial charge on any atom is -0.481 e. The first-order valence-electron chi connectivity index (χ1n) is 4.82. The van der Waals surface area contributed by atoms with Crippen molar-refractivity contribution < 1.29 is 19.2 Å². The van der Waals surface area contributed by atoms with Crippen LogP contribution in [0.25, 0.3) is 0 Å². The van der Waals surface area contributed by atoms with Crippen molar-refractivity contribution in [2.45, 2.75) is 13.3 Å². The van der Waals surface area contributed by atoms with Crippen molar-refractivity contribution in [1.82, 2.24) is 0 Å². The Bertz CT molecular complexity index is 462. The van der Waals surface area contributed by atoms with Gasteiger partial charge < -0.3 is 10.4 Å². The quantitative estimate of drug-likeness (QED) is 0.607. The Morgan fingerprint density at radius 1 is 1.59 bits per heavy atom. The molecule has 1 aromatic rings. The van der Waals surface area contributed by atoms with Crippen LogP contribution in [0.1, 0.15) is 12.0 Å². The van der Waals surface area contributed by atoms with Gasteiger partial charge >= 0.3 is 5.97 Å². The highest BCUT2D eigenvalue weighted by Gasteiger charge is 2.15. The van der Waals surface area contributed by atoms with Gasteiger partial charge in [-0.3, -0.25) is 14.9 Å². The molecule has 0 atom stereocenters. The zero-order valence-electron chi connectivity index (χ0n) is 9.07. The summed E-state index contributed by atoms with van der Waals surface area (Å²) in [5.74, 6) is -1.77. The van der Waals surface area contributed by atoms with E-state index >= 15 is 0 Å². The molecule has 0 fully saturated rings. The molecule has 2 N–H and O–H groups in total. The Morgan fingerprint density at radius 2 is 2.24 bits per heavy atom. The predicted molar refractivity (Wildman–Crippen MR) is 58.5 cm³/mol. The van der Waals surface area contributed by atoms with E-state index in [9.17, 15) is 19.3 Å². The second-order valence-electron chi connectivity index (χ2n) is 3.45. The number of halogens is 1. The first-order valence-corrected chi connectivity index (χ1v) is 4.82. The van der Waals surface area contributed by atoms with Crippen LogP contribution < -0.4 is 5.32 Å². The highest BCUT2D eigenvalue weighted by atomic mass is 19.1. The fraction of sp³-hybridized carbons (Fsp3) is 0.300. The van der Waals surface area contributed by atoms with Crippen molar-refractivity contribution in [2.24, 2.45) is 0 Å². The van der Waals surface area contributed by atoms with E-state index in [-0.39, 0.29) is 24.3 Å². The maximum Gasteiger partial charge on any atom is 0.305 e. The molecule has 6 nitrogen and oxygen atoms in total. The number of carbonyl (C=O) groups is 1. The summed E-state index contributed by atoms with van der Waals surface area (Å²) < 4.78 is 13.4. The Balaban J connectivity index is 2.84. The standard InChI is InChI=1S/C10H11FN2O4/c1-6-4-8(12-3-2-10(14)15)7(11)5-9(6)13(16)17/h4-5,12H,2-3H2,1H3,(H,14,15). The highest BCUT2D eigenvalue weighted by molar-refractivity contribution is 5.67. The number of aliphatic carboxylic acids is 1. The van der Waals surface area contributed by atoms with E-state index in [1.807, 2.05) is 0 Å². The summed E-state index contributed by atoms with van der Waals surface area (Å²) in [6.45, 7) is 1.55. The van der Waals surface area contributed by atoms with Crippen LogP contribution >= 0.6 is 0 Å². The number of nitro groups is 1. The molecule has 0 aliphatic rings. The molecule has 0 heterocycles. The summed E-state index contributed by atoms with van der Waals surface area (Å²) in [4.78, 5) is 20.1. The van der Waals surface area contributed by atoms with Crippen LogP contribution in [-0.2, 0) is 4.79 Å². The Hall–Kier alpha value is -2.18. The zero-order chi connectivity index (χ0) is 13.0. The summed E-state index contributed by atoms with van der Waals surface area (Å²) in [5, 5.41) is 21.5. The molecule has 0 saturated carbocycles. The number of hydrogen-bond donors (Lipinski definition) is 2. The maximum absolute atomic E-state index is 13.4. The second kappa shape index (κ2) is 5.24. The zero-order valence-corrected chi connectivity index (χ0v) is 9.07. The Labute approximate surface area is 96.2 Å². The molecule has 0 saturated heterocycles. The molecule has 0 bridgehead atoms. The smallest absolute Gasteiger partial charge is 0.305 e. The number of hydrogen-bond acceptors (Lipinski definition) is 4. The van der Waals surface area contributed by atoms with E-state index < -0.39 is 16.7 Å². The lowest BCUT2D eigenvalue weighted by Crippen LogP contribution is -2.09. The lowest BCUT2D eigenvalue weighted by atomic mass is 10.1. The summed E-state index contributed by atoms with van der Waals surface area (Å²) in [6, 6.07) is 2.10. The van der Waals surface area contributed by atoms with Crippen LogP contribution in [0.3, 0.4) is 0 Å². The van der Waals surface area contributed by atoms with Crippen LogP contribution in [0, 0.1) is 22.9 Å². The highest BCUT2D eigenvalue weighted by Crippen LogP contribution is 2.25. The van der Waals surface area contributed by atoms with Gasteiger partial charge in [0.25, 0.3) is 5.69 Å². The molecule has 0 aromatic heterocycles. The molecule has 92 valence electrons. The summed E-state index contributed by atoms with van der Waals surface area (Å²) in [7, 11) is 0. The van der Waals surface area contributed by atoms with Gasteiger partial charge in [-0.2, -0.15) is 0 Å². The third kappa shape index (κ3) is 3.40. The molecule has 0 radical (unpaired) electrons. The van der Waals surface area contributed by atoms with Gasteiger partial charge in [-0.05, 0) is 13.0 Å². The van der Waals surface area contributed by atoms with Crippen molar-refractivity contribution in [3.05, 3.63) is 33.6 Å². The average molecular weight is 242 g/mol. The van der Waals surface area contributed by atoms with Gasteiger partial charge in [-0.1, -0.05) is 0 Å². The number of carboxylic acids is 1. The average Bonchev–Trinajstić information content (AvgIpc) is 2.21. The lowest BCUT2D eigenvalue weighted by molar-refractivity contribution is -0.385. The van der Waals surface area contributed by atoms with Gasteiger partial charge in [0.2, 0.25) is 0 Å². The van der Waals surface area contributed by atoms with Crippen molar-refractivity contribution in [3.63, 3.8) is 0 Å². The molecule has 0 unspecified atom stereocenters. The summed E-state index contributed by atoms with van der Waals surface area (Å²) >= 11 is 0. The molecule has 1 aromatic carbocycles. The molecule has 1 rings (SSSR count). The molecule has 0 aliphatic heterocycles. The number of anilines is 1. The molecular weight excluding hydrogens is 231 g/mol. The minimum absolute atomic E-state index is 0.0590. The van der Waals surface area contributed by atoms with Crippen molar-refractivity contribution in [3.8, 4) is 0 Å². The number of nitro benzene ring substituents is 1. The van der Waals surface area contributed by atoms with Crippen LogP contribution in [0.2, 0.25) is 0 Å². The van der Waals surface area contributed by atoms with E-state index in [4.69, 9.17) is 5.11 Å². The fourth-order valence-electron chi connectivity index (χ4n) is 1.31. The van der Waals surface area contributed by atoms with Crippen LogP contribution in [0.15, 0.2) is 12.1 Å². The predicted octanol–water partition coefficient (Wildman–Crippen LogP) is 1.93. The Kier molecular flexibility index (Phi) is 3.97. The van der Waals surface area contributed by atoms with Crippen molar-refractivity contribution in [2.75, 3.05) is 11.9 Å². The van der Waals surface area contributed by atoms with E-state index in [2.05, 4.69) is 5.32 Å². The molecule has 7 heteroatoms. The number of benzene rings is 1. The van der Waals surface area contributed by atoms with E-state index in [1.54, 1.807) is 0 Å². The fourth-order valence-corrected chi connectivity index (χ4v) is 1.31. The molecule has 0 spiro atoms. The monoisotopic (exact) mass is 242 g/mol. The van der Waals surface area contributed by atoms with Crippen LogP contribution in [-0.4, -0.2) is 22.5 Å². The lowest BCUT2D eigenvalue weighted by Gasteiger charge is -2.07. The van der Waals surface area contributed by atoms with Crippen LogP contribution in [0.4, 0.5) is 15.8 Å². The van der Waals surface area contributed by atoms with Gasteiger partial charge in [0.15, 0.2) is 5.82 Å². The third-order valence-electron chi connectivity index (χ3n) is 2.14. The number of nitrogens with zero attached hydrogens (tertiary/aromatic N) is 1. The van der Waals surface area contributed by atoms with E-state index in [0.717, 1.165) is 6.07 Å². The van der Waals surface area contributed by atoms with E-state index in [1.165, 1.54) is 13.0 Å². The number of carboxylic acid groups (broad SMARTS) is 1. The van der Waals surface area contributed by atoms with Gasteiger partial charge in [0.05, 0.1) is 23.1 Å². The molecule has 17 heavy (non-hydrogen) atoms. The number of aryl methyl sites for hydroxylation is 1. The molecular formula is C10H11FN2O4. The first-order chi connectivity index (χ1) is 7.91. The van der Waals surface area contributed by atoms with Gasteiger partial charge in [-0.15, -0.1) is 0 Å². The summed E-state index contributed by atoms with van der Waals surface area (Å²) in [5.41, 5.74) is 0.0786. The molecule has 0 amide bonds. The largest absolute Gasteiger partial charge is 0.481 e. The van der Waals surface area contributed by atoms with Gasteiger partial charge in [0, 0.05) is 12.1 Å². The second-order valence-corrected chi connectivity index (χ2v) is 3.45. The van der Waals surface area contributed by atoms with Crippen molar-refractivity contribution >= 4 is 17.3 Å². The van der Waals surface area contributed by atoms with Gasteiger partial charge in [-0.25, -0.2) is 4.39 Å². The van der Waals surface area contributed by atoms with Gasteiger partial charge in [0.1, 0.15) is 0 Å². The number of rotatable bonds is 5. The normalized spacial score (nSPS) is 10.0. The topological polar surface area (TPSA) is 92.5 Å². The summed E-state index contributed by atoms with van der Waals surface area (Å²) in [6.07, 6.45) is -0.157. The first kappa shape index (κ1) is 12.9. The SMILES string of the molecule is Cc1cc(NCCC(=O)O)c(F)cc1[N+](=O)[O-].